The Bertz CT molecular complexity index is 384. The molecule has 0 atom stereocenters. The highest BCUT2D eigenvalue weighted by atomic mass is 16.6. The molecule has 7 heteroatoms. The first-order valence-electron chi connectivity index (χ1n) is 8.50. The zero-order chi connectivity index (χ0) is 17.3. The SMILES string of the molecule is CCCNC(=NC)NCCN1CCN(C(=O)OC(C)(C)C)CC1. The molecule has 0 aromatic carbocycles. The van der Waals surface area contributed by atoms with E-state index in [-0.39, 0.29) is 6.09 Å². The van der Waals surface area contributed by atoms with Gasteiger partial charge in [0.15, 0.2) is 5.96 Å². The highest BCUT2D eigenvalue weighted by molar-refractivity contribution is 5.79. The number of amides is 1. The van der Waals surface area contributed by atoms with Crippen molar-refractivity contribution in [3.05, 3.63) is 0 Å². The molecule has 1 heterocycles. The number of hydrogen-bond donors (Lipinski definition) is 2. The van der Waals surface area contributed by atoms with Gasteiger partial charge in [0.1, 0.15) is 5.60 Å². The number of nitrogens with zero attached hydrogens (tertiary/aromatic N) is 3. The van der Waals surface area contributed by atoms with Crippen LogP contribution in [0.1, 0.15) is 34.1 Å². The van der Waals surface area contributed by atoms with Crippen LogP contribution < -0.4 is 10.6 Å². The van der Waals surface area contributed by atoms with E-state index in [1.54, 1.807) is 11.9 Å². The van der Waals surface area contributed by atoms with Gasteiger partial charge in [0.25, 0.3) is 0 Å². The number of ether oxygens (including phenoxy) is 1. The molecule has 2 N–H and O–H groups in total. The predicted molar refractivity (Wildman–Crippen MR) is 93.9 cm³/mol. The van der Waals surface area contributed by atoms with E-state index in [2.05, 4.69) is 27.4 Å². The summed E-state index contributed by atoms with van der Waals surface area (Å²) in [6.07, 6.45) is 0.868. The molecule has 1 rings (SSSR count). The summed E-state index contributed by atoms with van der Waals surface area (Å²) in [5, 5.41) is 6.56. The Morgan fingerprint density at radius 1 is 1.13 bits per heavy atom. The number of hydrogen-bond acceptors (Lipinski definition) is 4. The second-order valence-electron chi connectivity index (χ2n) is 6.73. The highest BCUT2D eigenvalue weighted by Crippen LogP contribution is 2.11. The lowest BCUT2D eigenvalue weighted by Gasteiger charge is -2.35. The molecular formula is C16H33N5O2. The van der Waals surface area contributed by atoms with E-state index in [4.69, 9.17) is 4.74 Å². The molecule has 1 aliphatic heterocycles. The van der Waals surface area contributed by atoms with Crippen LogP contribution in [-0.4, -0.2) is 80.3 Å². The zero-order valence-electron chi connectivity index (χ0n) is 15.3. The summed E-state index contributed by atoms with van der Waals surface area (Å²) >= 11 is 0. The number of aliphatic imine (C=N–C) groups is 1. The van der Waals surface area contributed by atoms with E-state index in [9.17, 15) is 4.79 Å². The van der Waals surface area contributed by atoms with Crippen molar-refractivity contribution < 1.29 is 9.53 Å². The maximum atomic E-state index is 12.0. The molecule has 134 valence electrons. The van der Waals surface area contributed by atoms with Crippen LogP contribution in [0.2, 0.25) is 0 Å². The topological polar surface area (TPSA) is 69.2 Å². The smallest absolute Gasteiger partial charge is 0.410 e. The van der Waals surface area contributed by atoms with Crippen molar-refractivity contribution >= 4 is 12.1 Å². The maximum Gasteiger partial charge on any atom is 0.410 e. The third kappa shape index (κ3) is 8.06. The number of carbonyl (C=O) groups is 1. The van der Waals surface area contributed by atoms with Crippen LogP contribution in [0.5, 0.6) is 0 Å². The minimum atomic E-state index is -0.431. The predicted octanol–water partition coefficient (Wildman–Crippen LogP) is 1.11. The molecule has 1 saturated heterocycles. The van der Waals surface area contributed by atoms with Gasteiger partial charge >= 0.3 is 6.09 Å². The van der Waals surface area contributed by atoms with Crippen molar-refractivity contribution in [2.24, 2.45) is 4.99 Å². The number of guanidine groups is 1. The van der Waals surface area contributed by atoms with E-state index in [1.165, 1.54) is 0 Å². The largest absolute Gasteiger partial charge is 0.444 e. The van der Waals surface area contributed by atoms with Crippen LogP contribution >= 0.6 is 0 Å². The standard InChI is InChI=1S/C16H33N5O2/c1-6-7-18-14(17-5)19-8-9-20-10-12-21(13-11-20)15(22)23-16(2,3)4/h6-13H2,1-5H3,(H2,17,18,19). The first-order valence-corrected chi connectivity index (χ1v) is 8.50. The van der Waals surface area contributed by atoms with Gasteiger partial charge in [0.05, 0.1) is 0 Å². The summed E-state index contributed by atoms with van der Waals surface area (Å²) in [5.74, 6) is 0.847. The molecule has 23 heavy (non-hydrogen) atoms. The van der Waals surface area contributed by atoms with Gasteiger partial charge in [-0.05, 0) is 27.2 Å². The van der Waals surface area contributed by atoms with Gasteiger partial charge in [0.2, 0.25) is 0 Å². The lowest BCUT2D eigenvalue weighted by atomic mass is 10.2. The first-order chi connectivity index (χ1) is 10.9. The minimum Gasteiger partial charge on any atom is -0.444 e. The molecule has 7 nitrogen and oxygen atoms in total. The third-order valence-corrected chi connectivity index (χ3v) is 3.51. The van der Waals surface area contributed by atoms with Crippen molar-refractivity contribution in [2.75, 3.05) is 52.9 Å². The van der Waals surface area contributed by atoms with Crippen LogP contribution in [0.4, 0.5) is 4.79 Å². The van der Waals surface area contributed by atoms with Gasteiger partial charge in [-0.3, -0.25) is 9.89 Å². The van der Waals surface area contributed by atoms with Gasteiger partial charge in [-0.1, -0.05) is 6.92 Å². The van der Waals surface area contributed by atoms with Gasteiger partial charge in [-0.2, -0.15) is 0 Å². The van der Waals surface area contributed by atoms with Crippen molar-refractivity contribution in [3.63, 3.8) is 0 Å². The van der Waals surface area contributed by atoms with E-state index < -0.39 is 5.60 Å². The van der Waals surface area contributed by atoms with Crippen molar-refractivity contribution in [2.45, 2.75) is 39.7 Å². The number of nitrogens with one attached hydrogen (secondary N) is 2. The zero-order valence-corrected chi connectivity index (χ0v) is 15.3. The Hall–Kier alpha value is -1.50. The van der Waals surface area contributed by atoms with Crippen molar-refractivity contribution in [1.29, 1.82) is 0 Å². The Morgan fingerprint density at radius 2 is 1.74 bits per heavy atom. The fraction of sp³-hybridized carbons (Fsp3) is 0.875. The quantitative estimate of drug-likeness (QED) is 0.585. The van der Waals surface area contributed by atoms with E-state index in [0.717, 1.165) is 58.2 Å². The summed E-state index contributed by atoms with van der Waals surface area (Å²) < 4.78 is 5.41. The van der Waals surface area contributed by atoms with Gasteiger partial charge < -0.3 is 20.3 Å². The first kappa shape index (κ1) is 19.5. The molecule has 1 aliphatic rings. The fourth-order valence-electron chi connectivity index (χ4n) is 2.28. The number of piperazine rings is 1. The Balaban J connectivity index is 2.22. The van der Waals surface area contributed by atoms with E-state index >= 15 is 0 Å². The van der Waals surface area contributed by atoms with E-state index in [1.807, 2.05) is 20.8 Å². The summed E-state index contributed by atoms with van der Waals surface area (Å²) in [6, 6.07) is 0. The molecular weight excluding hydrogens is 294 g/mol. The number of rotatable bonds is 5. The molecule has 0 aromatic heterocycles. The summed E-state index contributed by atoms with van der Waals surface area (Å²) in [7, 11) is 1.78. The van der Waals surface area contributed by atoms with E-state index in [0.29, 0.717) is 0 Å². The highest BCUT2D eigenvalue weighted by Gasteiger charge is 2.25. The molecule has 0 unspecified atom stereocenters. The second-order valence-corrected chi connectivity index (χ2v) is 6.73. The molecule has 0 radical (unpaired) electrons. The summed E-state index contributed by atoms with van der Waals surface area (Å²) in [5.41, 5.74) is -0.431. The molecule has 0 spiro atoms. The average molecular weight is 327 g/mol. The Labute approximate surface area is 140 Å². The lowest BCUT2D eigenvalue weighted by molar-refractivity contribution is 0.0147. The lowest BCUT2D eigenvalue weighted by Crippen LogP contribution is -2.51. The normalized spacial score (nSPS) is 17.1. The molecule has 1 fully saturated rings. The molecule has 0 aliphatic carbocycles. The van der Waals surface area contributed by atoms with Crippen molar-refractivity contribution in [3.8, 4) is 0 Å². The average Bonchev–Trinajstić information content (AvgIpc) is 2.49. The molecule has 0 aromatic rings. The Morgan fingerprint density at radius 3 is 2.26 bits per heavy atom. The van der Waals surface area contributed by atoms with Gasteiger partial charge in [-0.25, -0.2) is 4.79 Å². The van der Waals surface area contributed by atoms with Crippen molar-refractivity contribution in [1.82, 2.24) is 20.4 Å². The monoisotopic (exact) mass is 327 g/mol. The van der Waals surface area contributed by atoms with Crippen LogP contribution in [-0.2, 0) is 4.74 Å². The summed E-state index contributed by atoms with van der Waals surface area (Å²) in [4.78, 5) is 20.3. The Kier molecular flexibility index (Phi) is 8.16. The fourth-order valence-corrected chi connectivity index (χ4v) is 2.28. The maximum absolute atomic E-state index is 12.0. The summed E-state index contributed by atoms with van der Waals surface area (Å²) in [6.45, 7) is 13.7. The molecule has 1 amide bonds. The van der Waals surface area contributed by atoms with Crippen LogP contribution in [0, 0.1) is 0 Å². The van der Waals surface area contributed by atoms with Gasteiger partial charge in [0, 0.05) is 52.9 Å². The van der Waals surface area contributed by atoms with Crippen LogP contribution in [0.3, 0.4) is 0 Å². The molecule has 0 saturated carbocycles. The third-order valence-electron chi connectivity index (χ3n) is 3.51. The van der Waals surface area contributed by atoms with Gasteiger partial charge in [-0.15, -0.1) is 0 Å². The van der Waals surface area contributed by atoms with Crippen LogP contribution in [0.15, 0.2) is 4.99 Å². The van der Waals surface area contributed by atoms with Crippen LogP contribution in [0.25, 0.3) is 0 Å². The number of carbonyl (C=O) groups excluding carboxylic acids is 1. The second kappa shape index (κ2) is 9.60. The minimum absolute atomic E-state index is 0.209. The molecule has 0 bridgehead atoms.